The van der Waals surface area contributed by atoms with E-state index in [9.17, 15) is 9.18 Å². The second-order valence-corrected chi connectivity index (χ2v) is 4.71. The van der Waals surface area contributed by atoms with E-state index in [1.165, 1.54) is 6.07 Å². The van der Waals surface area contributed by atoms with E-state index < -0.39 is 0 Å². The Bertz CT molecular complexity index is 560. The molecule has 0 radical (unpaired) electrons. The third kappa shape index (κ3) is 1.67. The maximum absolute atomic E-state index is 13.7. The molecule has 0 atom stereocenters. The summed E-state index contributed by atoms with van der Waals surface area (Å²) in [7, 11) is 0. The molecule has 2 rings (SSSR count). The van der Waals surface area contributed by atoms with E-state index in [2.05, 4.69) is 9.97 Å². The van der Waals surface area contributed by atoms with Gasteiger partial charge >= 0.3 is 5.69 Å². The number of benzene rings is 1. The van der Waals surface area contributed by atoms with Crippen LogP contribution in [0.4, 0.5) is 4.39 Å². The van der Waals surface area contributed by atoms with E-state index in [0.29, 0.717) is 16.6 Å². The molecule has 80 valence electrons. The Kier molecular flexibility index (Phi) is 1.96. The van der Waals surface area contributed by atoms with Crippen molar-refractivity contribution < 1.29 is 4.39 Å². The fraction of sp³-hybridized carbons (Fsp3) is 0.364. The van der Waals surface area contributed by atoms with Crippen LogP contribution in [0.5, 0.6) is 0 Å². The second kappa shape index (κ2) is 2.95. The monoisotopic (exact) mass is 208 g/mol. The van der Waals surface area contributed by atoms with Crippen molar-refractivity contribution in [3.8, 4) is 0 Å². The van der Waals surface area contributed by atoms with Crippen LogP contribution >= 0.6 is 0 Å². The first-order chi connectivity index (χ1) is 6.88. The Morgan fingerprint density at radius 1 is 1.13 bits per heavy atom. The highest BCUT2D eigenvalue weighted by Gasteiger charge is 2.19. The maximum Gasteiger partial charge on any atom is 0.323 e. The van der Waals surface area contributed by atoms with Crippen LogP contribution in [-0.2, 0) is 5.41 Å². The SMILES string of the molecule is CC(C)(C)c1cc2[nH]c(=O)[nH]c2cc1F. The van der Waals surface area contributed by atoms with Crippen molar-refractivity contribution in [2.75, 3.05) is 0 Å². The quantitative estimate of drug-likeness (QED) is 0.685. The summed E-state index contributed by atoms with van der Waals surface area (Å²) in [5, 5.41) is 0. The highest BCUT2D eigenvalue weighted by atomic mass is 19.1. The minimum absolute atomic E-state index is 0.271. The van der Waals surface area contributed by atoms with E-state index >= 15 is 0 Å². The molecule has 15 heavy (non-hydrogen) atoms. The molecule has 1 aromatic carbocycles. The first-order valence-electron chi connectivity index (χ1n) is 4.80. The minimum Gasteiger partial charge on any atom is -0.306 e. The van der Waals surface area contributed by atoms with E-state index in [-0.39, 0.29) is 16.9 Å². The van der Waals surface area contributed by atoms with Gasteiger partial charge in [-0.3, -0.25) is 0 Å². The molecule has 0 spiro atoms. The highest BCUT2D eigenvalue weighted by molar-refractivity contribution is 5.75. The van der Waals surface area contributed by atoms with E-state index in [0.717, 1.165) is 0 Å². The molecule has 0 saturated carbocycles. The number of aromatic nitrogens is 2. The number of H-pyrrole nitrogens is 2. The van der Waals surface area contributed by atoms with Crippen LogP contribution in [0.2, 0.25) is 0 Å². The molecule has 0 bridgehead atoms. The van der Waals surface area contributed by atoms with Crippen molar-refractivity contribution >= 4 is 11.0 Å². The topological polar surface area (TPSA) is 48.6 Å². The Balaban J connectivity index is 2.77. The van der Waals surface area contributed by atoms with Gasteiger partial charge in [-0.25, -0.2) is 9.18 Å². The van der Waals surface area contributed by atoms with Crippen LogP contribution in [-0.4, -0.2) is 9.97 Å². The van der Waals surface area contributed by atoms with Gasteiger partial charge in [-0.2, -0.15) is 0 Å². The summed E-state index contributed by atoms with van der Waals surface area (Å²) in [5.41, 5.74) is 1.17. The summed E-state index contributed by atoms with van der Waals surface area (Å²) in [6.07, 6.45) is 0. The van der Waals surface area contributed by atoms with Crippen LogP contribution in [0, 0.1) is 5.82 Å². The lowest BCUT2D eigenvalue weighted by Crippen LogP contribution is -2.13. The third-order valence-electron chi connectivity index (χ3n) is 2.41. The fourth-order valence-corrected chi connectivity index (χ4v) is 1.63. The molecule has 2 N–H and O–H groups in total. The van der Waals surface area contributed by atoms with Gasteiger partial charge in [0.05, 0.1) is 11.0 Å². The molecule has 1 aromatic heterocycles. The number of imidazole rings is 1. The summed E-state index contributed by atoms with van der Waals surface area (Å²) >= 11 is 0. The second-order valence-electron chi connectivity index (χ2n) is 4.71. The Hall–Kier alpha value is -1.58. The van der Waals surface area contributed by atoms with Gasteiger partial charge in [0, 0.05) is 0 Å². The molecule has 2 aromatic rings. The summed E-state index contributed by atoms with van der Waals surface area (Å²) in [5.74, 6) is -0.287. The summed E-state index contributed by atoms with van der Waals surface area (Å²) in [4.78, 5) is 16.2. The standard InChI is InChI=1S/C11H13FN2O/c1-11(2,3)6-4-8-9(5-7(6)12)14-10(15)13-8/h4-5H,1-3H3,(H2,13,14,15). The van der Waals surface area contributed by atoms with Gasteiger partial charge in [-0.05, 0) is 23.1 Å². The lowest BCUT2D eigenvalue weighted by Gasteiger charge is -2.19. The van der Waals surface area contributed by atoms with Gasteiger partial charge in [0.25, 0.3) is 0 Å². The lowest BCUT2D eigenvalue weighted by molar-refractivity contribution is 0.524. The van der Waals surface area contributed by atoms with Crippen LogP contribution in [0.1, 0.15) is 26.3 Å². The number of rotatable bonds is 0. The van der Waals surface area contributed by atoms with Crippen molar-refractivity contribution in [3.05, 3.63) is 34.0 Å². The van der Waals surface area contributed by atoms with Gasteiger partial charge < -0.3 is 9.97 Å². The van der Waals surface area contributed by atoms with Gasteiger partial charge in [0.2, 0.25) is 0 Å². The van der Waals surface area contributed by atoms with Crippen molar-refractivity contribution in [2.24, 2.45) is 0 Å². The van der Waals surface area contributed by atoms with Crippen LogP contribution in [0.3, 0.4) is 0 Å². The normalized spacial score (nSPS) is 12.3. The zero-order valence-corrected chi connectivity index (χ0v) is 8.94. The van der Waals surface area contributed by atoms with Crippen LogP contribution < -0.4 is 5.69 Å². The number of nitrogens with one attached hydrogen (secondary N) is 2. The summed E-state index contributed by atoms with van der Waals surface area (Å²) in [6, 6.07) is 3.04. The largest absolute Gasteiger partial charge is 0.323 e. The smallest absolute Gasteiger partial charge is 0.306 e. The molecular formula is C11H13FN2O. The molecule has 4 heteroatoms. The lowest BCUT2D eigenvalue weighted by atomic mass is 9.86. The number of hydrogen-bond donors (Lipinski definition) is 2. The van der Waals surface area contributed by atoms with Crippen molar-refractivity contribution in [2.45, 2.75) is 26.2 Å². The predicted molar refractivity (Wildman–Crippen MR) is 57.6 cm³/mol. The Labute approximate surface area is 86.3 Å². The highest BCUT2D eigenvalue weighted by Crippen LogP contribution is 2.27. The number of halogens is 1. The molecule has 0 aliphatic heterocycles. The first kappa shape index (κ1) is 9.96. The molecular weight excluding hydrogens is 195 g/mol. The predicted octanol–water partition coefficient (Wildman–Crippen LogP) is 2.29. The Morgan fingerprint density at radius 2 is 1.67 bits per heavy atom. The molecule has 0 saturated heterocycles. The van der Waals surface area contributed by atoms with Crippen LogP contribution in [0.25, 0.3) is 11.0 Å². The van der Waals surface area contributed by atoms with Gasteiger partial charge in [0.15, 0.2) is 0 Å². The summed E-state index contributed by atoms with van der Waals surface area (Å²) in [6.45, 7) is 5.80. The maximum atomic E-state index is 13.7. The average molecular weight is 208 g/mol. The van der Waals surface area contributed by atoms with E-state index in [1.54, 1.807) is 6.07 Å². The van der Waals surface area contributed by atoms with Crippen LogP contribution in [0.15, 0.2) is 16.9 Å². The Morgan fingerprint density at radius 3 is 2.20 bits per heavy atom. The van der Waals surface area contributed by atoms with E-state index in [1.807, 2.05) is 20.8 Å². The summed E-state index contributed by atoms with van der Waals surface area (Å²) < 4.78 is 13.7. The number of hydrogen-bond acceptors (Lipinski definition) is 1. The molecule has 3 nitrogen and oxygen atoms in total. The number of fused-ring (bicyclic) bond motifs is 1. The molecule has 0 unspecified atom stereocenters. The van der Waals surface area contributed by atoms with Crippen molar-refractivity contribution in [1.29, 1.82) is 0 Å². The van der Waals surface area contributed by atoms with Crippen molar-refractivity contribution in [3.63, 3.8) is 0 Å². The van der Waals surface area contributed by atoms with Gasteiger partial charge in [-0.15, -0.1) is 0 Å². The molecule has 0 amide bonds. The van der Waals surface area contributed by atoms with Gasteiger partial charge in [-0.1, -0.05) is 20.8 Å². The molecule has 0 aliphatic carbocycles. The minimum atomic E-state index is -0.310. The van der Waals surface area contributed by atoms with Crippen molar-refractivity contribution in [1.82, 2.24) is 9.97 Å². The number of aromatic amines is 2. The first-order valence-corrected chi connectivity index (χ1v) is 4.80. The zero-order valence-electron chi connectivity index (χ0n) is 8.94. The fourth-order valence-electron chi connectivity index (χ4n) is 1.63. The average Bonchev–Trinajstić information content (AvgIpc) is 2.40. The molecule has 1 heterocycles. The third-order valence-corrected chi connectivity index (χ3v) is 2.41. The zero-order chi connectivity index (χ0) is 11.2. The van der Waals surface area contributed by atoms with Gasteiger partial charge in [0.1, 0.15) is 5.82 Å². The van der Waals surface area contributed by atoms with E-state index in [4.69, 9.17) is 0 Å². The molecule has 0 fully saturated rings. The molecule has 0 aliphatic rings.